The summed E-state index contributed by atoms with van der Waals surface area (Å²) in [6.07, 6.45) is 7.77. The molecular formula is C27H33N3O5S. The van der Waals surface area contributed by atoms with Crippen molar-refractivity contribution in [2.75, 3.05) is 11.4 Å². The number of nitrogens with one attached hydrogen (secondary N) is 2. The van der Waals surface area contributed by atoms with Crippen LogP contribution in [0.2, 0.25) is 0 Å². The molecule has 1 atom stereocenters. The number of allylic oxidation sites excluding steroid dienone is 4. The summed E-state index contributed by atoms with van der Waals surface area (Å²) < 4.78 is 26.2. The molecule has 1 heterocycles. The number of benzene rings is 1. The molecule has 36 heavy (non-hydrogen) atoms. The van der Waals surface area contributed by atoms with Crippen molar-refractivity contribution in [3.63, 3.8) is 0 Å². The average molecular weight is 512 g/mol. The average Bonchev–Trinajstić information content (AvgIpc) is 3.04. The lowest BCUT2D eigenvalue weighted by Gasteiger charge is -2.20. The lowest BCUT2D eigenvalue weighted by molar-refractivity contribution is -0.117. The Hall–Kier alpha value is -3.69. The van der Waals surface area contributed by atoms with E-state index >= 15 is 0 Å². The van der Waals surface area contributed by atoms with Gasteiger partial charge in [0.2, 0.25) is 10.0 Å². The zero-order chi connectivity index (χ0) is 27.0. The van der Waals surface area contributed by atoms with Crippen molar-refractivity contribution in [3.05, 3.63) is 102 Å². The van der Waals surface area contributed by atoms with Gasteiger partial charge >= 0.3 is 0 Å². The molecule has 1 aromatic carbocycles. The molecule has 192 valence electrons. The van der Waals surface area contributed by atoms with Crippen LogP contribution in [0.25, 0.3) is 0 Å². The van der Waals surface area contributed by atoms with Gasteiger partial charge in [-0.25, -0.2) is 8.42 Å². The van der Waals surface area contributed by atoms with E-state index in [1.54, 1.807) is 45.1 Å². The van der Waals surface area contributed by atoms with E-state index in [-0.39, 0.29) is 29.3 Å². The summed E-state index contributed by atoms with van der Waals surface area (Å²) in [5, 5.41) is 13.0. The fraction of sp³-hybridized carbons (Fsp3) is 0.259. The highest BCUT2D eigenvalue weighted by atomic mass is 32.2. The Bertz CT molecular complexity index is 1250. The van der Waals surface area contributed by atoms with Gasteiger partial charge in [0.05, 0.1) is 5.25 Å². The summed E-state index contributed by atoms with van der Waals surface area (Å²) in [6, 6.07) is 7.21. The van der Waals surface area contributed by atoms with E-state index < -0.39 is 27.4 Å². The molecule has 0 aliphatic carbocycles. The minimum absolute atomic E-state index is 0.0425. The topological polar surface area (TPSA) is 116 Å². The molecule has 1 aliphatic rings. The van der Waals surface area contributed by atoms with Gasteiger partial charge in [-0.15, -0.1) is 0 Å². The van der Waals surface area contributed by atoms with E-state index in [0.717, 1.165) is 5.56 Å². The summed E-state index contributed by atoms with van der Waals surface area (Å²) in [5.41, 5.74) is 2.62. The Kier molecular flexibility index (Phi) is 9.77. The molecule has 8 nitrogen and oxygen atoms in total. The van der Waals surface area contributed by atoms with Crippen molar-refractivity contribution in [1.82, 2.24) is 10.0 Å². The molecule has 2 rings (SSSR count). The van der Waals surface area contributed by atoms with E-state index in [0.29, 0.717) is 11.3 Å². The molecule has 0 spiro atoms. The van der Waals surface area contributed by atoms with Gasteiger partial charge in [0.15, 0.2) is 6.23 Å². The van der Waals surface area contributed by atoms with Crippen molar-refractivity contribution in [2.45, 2.75) is 39.2 Å². The maximum absolute atomic E-state index is 13.0. The zero-order valence-corrected chi connectivity index (χ0v) is 21.8. The number of sulfonamides is 1. The molecule has 9 heteroatoms. The fourth-order valence-electron chi connectivity index (χ4n) is 3.29. The Labute approximate surface area is 213 Å². The molecule has 0 radical (unpaired) electrons. The normalized spacial score (nSPS) is 18.9. The molecule has 0 aromatic heterocycles. The summed E-state index contributed by atoms with van der Waals surface area (Å²) in [6.45, 7) is 14.0. The molecule has 0 saturated carbocycles. The van der Waals surface area contributed by atoms with Crippen molar-refractivity contribution in [2.24, 2.45) is 0 Å². The number of hydrogen-bond donors (Lipinski definition) is 3. The number of anilines is 1. The molecule has 1 aromatic rings. The quantitative estimate of drug-likeness (QED) is 0.330. The molecular weight excluding hydrogens is 478 g/mol. The Morgan fingerprint density at radius 3 is 2.42 bits per heavy atom. The van der Waals surface area contributed by atoms with E-state index in [4.69, 9.17) is 0 Å². The second-order valence-electron chi connectivity index (χ2n) is 8.37. The van der Waals surface area contributed by atoms with Crippen LogP contribution in [0.3, 0.4) is 0 Å². The number of rotatable bonds is 10. The molecule has 1 aliphatic heterocycles. The molecule has 3 N–H and O–H groups in total. The highest BCUT2D eigenvalue weighted by Crippen LogP contribution is 2.33. The number of aliphatic hydroxyl groups excluding tert-OH is 1. The van der Waals surface area contributed by atoms with Crippen LogP contribution in [0.4, 0.5) is 5.69 Å². The largest absolute Gasteiger partial charge is 0.369 e. The molecule has 2 amide bonds. The van der Waals surface area contributed by atoms with E-state index in [9.17, 15) is 23.1 Å². The van der Waals surface area contributed by atoms with Crippen LogP contribution < -0.4 is 14.9 Å². The minimum atomic E-state index is -3.54. The first-order chi connectivity index (χ1) is 16.9. The van der Waals surface area contributed by atoms with Crippen molar-refractivity contribution >= 4 is 27.5 Å². The Morgan fingerprint density at radius 1 is 1.22 bits per heavy atom. The van der Waals surface area contributed by atoms with E-state index in [2.05, 4.69) is 23.2 Å². The van der Waals surface area contributed by atoms with Gasteiger partial charge in [0.1, 0.15) is 0 Å². The standard InChI is InChI=1S/C27H33N3O5S/c1-7-9-23-24(27(33)30(26(23)32)22-14-10-19(5)11-15-22)16-17-28-25(31)21(8-2)13-12-20(6)29-36(34,35)18(3)4/h7-16,18,27,29,33H,1,6,17H2,2-5H3,(H,28,31)/b13-12-,21-8+,23-9+,24-16+. The Balaban J connectivity index is 2.13. The summed E-state index contributed by atoms with van der Waals surface area (Å²) >= 11 is 0. The van der Waals surface area contributed by atoms with Gasteiger partial charge in [0, 0.05) is 34.6 Å². The predicted molar refractivity (Wildman–Crippen MR) is 143 cm³/mol. The summed E-state index contributed by atoms with van der Waals surface area (Å²) in [7, 11) is -3.54. The molecule has 1 fully saturated rings. The van der Waals surface area contributed by atoms with Crippen LogP contribution in [0.1, 0.15) is 26.3 Å². The monoisotopic (exact) mass is 511 g/mol. The first-order valence-electron chi connectivity index (χ1n) is 11.4. The van der Waals surface area contributed by atoms with Gasteiger partial charge in [-0.3, -0.25) is 19.2 Å². The third kappa shape index (κ3) is 6.93. The van der Waals surface area contributed by atoms with E-state index in [1.807, 2.05) is 19.1 Å². The highest BCUT2D eigenvalue weighted by Gasteiger charge is 2.39. The first kappa shape index (κ1) is 28.5. The summed E-state index contributed by atoms with van der Waals surface area (Å²) in [5.74, 6) is -0.795. The SMILES string of the molecule is C=C/C=C1/C(=O)N(c2ccc(C)cc2)C(O)/C1=C/CNC(=O)C(/C=C\C(=C)NS(=O)(=O)C(C)C)=C/C. The van der Waals surface area contributed by atoms with Gasteiger partial charge in [-0.2, -0.15) is 0 Å². The first-order valence-corrected chi connectivity index (χ1v) is 12.9. The van der Waals surface area contributed by atoms with Gasteiger partial charge in [-0.1, -0.05) is 49.1 Å². The fourth-order valence-corrected chi connectivity index (χ4v) is 3.96. The third-order valence-corrected chi connectivity index (χ3v) is 7.18. The maximum Gasteiger partial charge on any atom is 0.261 e. The highest BCUT2D eigenvalue weighted by molar-refractivity contribution is 7.90. The van der Waals surface area contributed by atoms with Gasteiger partial charge in [0.25, 0.3) is 11.8 Å². The van der Waals surface area contributed by atoms with Crippen LogP contribution >= 0.6 is 0 Å². The number of carbonyl (C=O) groups excluding carboxylic acids is 2. The second-order valence-corrected chi connectivity index (χ2v) is 10.6. The third-order valence-electron chi connectivity index (χ3n) is 5.40. The van der Waals surface area contributed by atoms with Crippen LogP contribution in [-0.2, 0) is 19.6 Å². The number of nitrogens with zero attached hydrogens (tertiary/aromatic N) is 1. The number of hydrogen-bond acceptors (Lipinski definition) is 5. The van der Waals surface area contributed by atoms with Gasteiger partial charge < -0.3 is 10.4 Å². The summed E-state index contributed by atoms with van der Waals surface area (Å²) in [4.78, 5) is 26.9. The lowest BCUT2D eigenvalue weighted by Crippen LogP contribution is -2.33. The molecule has 0 bridgehead atoms. The van der Waals surface area contributed by atoms with Crippen LogP contribution in [0.5, 0.6) is 0 Å². The Morgan fingerprint density at radius 2 is 1.86 bits per heavy atom. The van der Waals surface area contributed by atoms with Crippen molar-refractivity contribution in [3.8, 4) is 0 Å². The van der Waals surface area contributed by atoms with E-state index in [1.165, 1.54) is 29.2 Å². The minimum Gasteiger partial charge on any atom is -0.369 e. The van der Waals surface area contributed by atoms with Crippen molar-refractivity contribution < 1.29 is 23.1 Å². The number of carbonyl (C=O) groups is 2. The molecule has 1 saturated heterocycles. The van der Waals surface area contributed by atoms with Crippen LogP contribution in [0, 0.1) is 6.92 Å². The number of aryl methyl sites for hydroxylation is 1. The number of amides is 2. The second kappa shape index (κ2) is 12.3. The van der Waals surface area contributed by atoms with Crippen molar-refractivity contribution in [1.29, 1.82) is 0 Å². The van der Waals surface area contributed by atoms with Gasteiger partial charge in [-0.05, 0) is 58.1 Å². The smallest absolute Gasteiger partial charge is 0.261 e. The lowest BCUT2D eigenvalue weighted by atomic mass is 10.1. The zero-order valence-electron chi connectivity index (χ0n) is 21.0. The number of aliphatic hydroxyl groups is 1. The van der Waals surface area contributed by atoms with Crippen LogP contribution in [-0.4, -0.2) is 43.4 Å². The maximum atomic E-state index is 13.0. The predicted octanol–water partition coefficient (Wildman–Crippen LogP) is 3.16. The molecule has 1 unspecified atom stereocenters. The van der Waals surface area contributed by atoms with Crippen LogP contribution in [0.15, 0.2) is 96.3 Å².